The lowest BCUT2D eigenvalue weighted by molar-refractivity contribution is -0.133. The summed E-state index contributed by atoms with van der Waals surface area (Å²) in [5, 5.41) is 2.81. The zero-order valence-electron chi connectivity index (χ0n) is 19.9. The maximum absolute atomic E-state index is 12.4. The predicted molar refractivity (Wildman–Crippen MR) is 132 cm³/mol. The lowest BCUT2D eigenvalue weighted by atomic mass is 10.1. The zero-order valence-corrected chi connectivity index (χ0v) is 19.9. The van der Waals surface area contributed by atoms with Crippen molar-refractivity contribution in [3.8, 4) is 5.75 Å². The monoisotopic (exact) mass is 467 g/mol. The molecule has 1 heterocycles. The number of amides is 2. The number of anilines is 2. The van der Waals surface area contributed by atoms with Gasteiger partial charge in [0.05, 0.1) is 26.4 Å². The lowest BCUT2D eigenvalue weighted by Crippen LogP contribution is -2.36. The Morgan fingerprint density at radius 1 is 1.00 bits per heavy atom. The average molecular weight is 468 g/mol. The molecule has 182 valence electrons. The highest BCUT2D eigenvalue weighted by Gasteiger charge is 2.16. The first-order valence-electron chi connectivity index (χ1n) is 11.7. The highest BCUT2D eigenvalue weighted by atomic mass is 16.5. The predicted octanol–water partition coefficient (Wildman–Crippen LogP) is 3.37. The van der Waals surface area contributed by atoms with Crippen molar-refractivity contribution < 1.29 is 23.9 Å². The van der Waals surface area contributed by atoms with Crippen LogP contribution >= 0.6 is 0 Å². The van der Waals surface area contributed by atoms with Gasteiger partial charge in [0.1, 0.15) is 5.75 Å². The number of Topliss-reactive ketones (excluding diaryl/α,β-unsaturated/α-hetero) is 1. The number of rotatable bonds is 11. The van der Waals surface area contributed by atoms with E-state index in [0.717, 1.165) is 30.9 Å². The molecule has 1 N–H and O–H groups in total. The number of nitrogens with zero attached hydrogens (tertiary/aromatic N) is 2. The van der Waals surface area contributed by atoms with Crippen LogP contribution in [0.1, 0.15) is 36.5 Å². The second-order valence-corrected chi connectivity index (χ2v) is 8.24. The summed E-state index contributed by atoms with van der Waals surface area (Å²) in [4.78, 5) is 40.8. The number of hydrogen-bond donors (Lipinski definition) is 1. The van der Waals surface area contributed by atoms with E-state index >= 15 is 0 Å². The van der Waals surface area contributed by atoms with Crippen molar-refractivity contribution in [3.63, 3.8) is 0 Å². The molecule has 0 saturated carbocycles. The SMILES string of the molecule is CCCOc1ccc(C(=O)CCC(=O)N(C)CC(=O)Nc2ccc(N3CCOCC3)cc2)cc1. The molecule has 34 heavy (non-hydrogen) atoms. The van der Waals surface area contributed by atoms with Crippen LogP contribution in [-0.4, -0.2) is 69.0 Å². The Hall–Kier alpha value is -3.39. The molecule has 2 amide bonds. The standard InChI is InChI=1S/C26H33N3O5/c1-3-16-34-23-10-4-20(5-11-23)24(30)12-13-26(32)28(2)19-25(31)27-21-6-8-22(9-7-21)29-14-17-33-18-15-29/h4-11H,3,12-19H2,1-2H3,(H,27,31). The van der Waals surface area contributed by atoms with E-state index in [2.05, 4.69) is 10.2 Å². The van der Waals surface area contributed by atoms with Gasteiger partial charge in [-0.2, -0.15) is 0 Å². The number of benzene rings is 2. The van der Waals surface area contributed by atoms with Crippen molar-refractivity contribution >= 4 is 29.0 Å². The van der Waals surface area contributed by atoms with Crippen molar-refractivity contribution in [2.75, 3.05) is 56.7 Å². The van der Waals surface area contributed by atoms with Gasteiger partial charge in [-0.1, -0.05) is 6.92 Å². The van der Waals surface area contributed by atoms with Crippen molar-refractivity contribution in [1.82, 2.24) is 4.90 Å². The first kappa shape index (κ1) is 25.2. The Morgan fingerprint density at radius 2 is 1.68 bits per heavy atom. The Bertz CT molecular complexity index is 953. The molecule has 0 aliphatic carbocycles. The number of carbonyl (C=O) groups is 3. The fourth-order valence-electron chi connectivity index (χ4n) is 3.59. The van der Waals surface area contributed by atoms with E-state index in [1.807, 2.05) is 31.2 Å². The van der Waals surface area contributed by atoms with Gasteiger partial charge >= 0.3 is 0 Å². The van der Waals surface area contributed by atoms with Crippen molar-refractivity contribution in [1.29, 1.82) is 0 Å². The fourth-order valence-corrected chi connectivity index (χ4v) is 3.59. The highest BCUT2D eigenvalue weighted by molar-refractivity contribution is 5.99. The molecule has 0 atom stereocenters. The van der Waals surface area contributed by atoms with Crippen molar-refractivity contribution in [2.24, 2.45) is 0 Å². The summed E-state index contributed by atoms with van der Waals surface area (Å²) in [5.74, 6) is 0.0580. The van der Waals surface area contributed by atoms with Crippen LogP contribution in [0.2, 0.25) is 0 Å². The van der Waals surface area contributed by atoms with Gasteiger partial charge in [-0.15, -0.1) is 0 Å². The molecule has 2 aromatic carbocycles. The van der Waals surface area contributed by atoms with E-state index in [-0.39, 0.29) is 37.0 Å². The van der Waals surface area contributed by atoms with E-state index in [1.165, 1.54) is 4.90 Å². The molecule has 1 fully saturated rings. The Kier molecular flexibility index (Phi) is 9.46. The van der Waals surface area contributed by atoms with Crippen LogP contribution in [0.3, 0.4) is 0 Å². The number of nitrogens with one attached hydrogen (secondary N) is 1. The molecular formula is C26H33N3O5. The smallest absolute Gasteiger partial charge is 0.243 e. The van der Waals surface area contributed by atoms with E-state index in [9.17, 15) is 14.4 Å². The number of ether oxygens (including phenoxy) is 2. The normalized spacial score (nSPS) is 13.3. The highest BCUT2D eigenvalue weighted by Crippen LogP contribution is 2.19. The van der Waals surface area contributed by atoms with E-state index in [0.29, 0.717) is 31.1 Å². The van der Waals surface area contributed by atoms with Crippen LogP contribution < -0.4 is 15.0 Å². The number of morpholine rings is 1. The third-order valence-corrected chi connectivity index (χ3v) is 5.55. The number of hydrogen-bond acceptors (Lipinski definition) is 6. The van der Waals surface area contributed by atoms with E-state index in [4.69, 9.17) is 9.47 Å². The maximum Gasteiger partial charge on any atom is 0.243 e. The lowest BCUT2D eigenvalue weighted by Gasteiger charge is -2.28. The Balaban J connectivity index is 1.41. The Morgan fingerprint density at radius 3 is 2.32 bits per heavy atom. The molecule has 0 aromatic heterocycles. The van der Waals surface area contributed by atoms with Crippen LogP contribution in [-0.2, 0) is 14.3 Å². The summed E-state index contributed by atoms with van der Waals surface area (Å²) in [6, 6.07) is 14.6. The van der Waals surface area contributed by atoms with E-state index in [1.54, 1.807) is 31.3 Å². The summed E-state index contributed by atoms with van der Waals surface area (Å²) in [5.41, 5.74) is 2.29. The second-order valence-electron chi connectivity index (χ2n) is 8.24. The quantitative estimate of drug-likeness (QED) is 0.510. The van der Waals surface area contributed by atoms with Gasteiger partial charge in [0.25, 0.3) is 0 Å². The molecule has 0 spiro atoms. The van der Waals surface area contributed by atoms with Crippen LogP contribution in [0.4, 0.5) is 11.4 Å². The molecule has 1 aliphatic heterocycles. The van der Waals surface area contributed by atoms with Gasteiger partial charge < -0.3 is 24.6 Å². The first-order valence-corrected chi connectivity index (χ1v) is 11.7. The van der Waals surface area contributed by atoms with Gasteiger partial charge in [0, 0.05) is 49.9 Å². The largest absolute Gasteiger partial charge is 0.494 e. The maximum atomic E-state index is 12.4. The van der Waals surface area contributed by atoms with Crippen molar-refractivity contribution in [3.05, 3.63) is 54.1 Å². The first-order chi connectivity index (χ1) is 16.5. The molecule has 2 aromatic rings. The molecule has 1 saturated heterocycles. The molecular weight excluding hydrogens is 434 g/mol. The summed E-state index contributed by atoms with van der Waals surface area (Å²) in [7, 11) is 1.56. The second kappa shape index (κ2) is 12.7. The molecule has 0 radical (unpaired) electrons. The molecule has 0 unspecified atom stereocenters. The number of carbonyl (C=O) groups excluding carboxylic acids is 3. The van der Waals surface area contributed by atoms with Crippen molar-refractivity contribution in [2.45, 2.75) is 26.2 Å². The Labute approximate surface area is 200 Å². The average Bonchev–Trinajstić information content (AvgIpc) is 2.87. The van der Waals surface area contributed by atoms with Gasteiger partial charge in [0.15, 0.2) is 5.78 Å². The summed E-state index contributed by atoms with van der Waals surface area (Å²) in [6.45, 7) is 5.69. The topological polar surface area (TPSA) is 88.2 Å². The molecule has 8 heteroatoms. The third-order valence-electron chi connectivity index (χ3n) is 5.55. The van der Waals surface area contributed by atoms with Gasteiger partial charge in [-0.3, -0.25) is 14.4 Å². The molecule has 1 aliphatic rings. The summed E-state index contributed by atoms with van der Waals surface area (Å²) in [6.07, 6.45) is 1.05. The van der Waals surface area contributed by atoms with Gasteiger partial charge in [0.2, 0.25) is 11.8 Å². The minimum atomic E-state index is -0.288. The van der Waals surface area contributed by atoms with Crippen LogP contribution in [0, 0.1) is 0 Å². The van der Waals surface area contributed by atoms with Crippen LogP contribution in [0.25, 0.3) is 0 Å². The minimum absolute atomic E-state index is 0.0466. The van der Waals surface area contributed by atoms with Crippen LogP contribution in [0.15, 0.2) is 48.5 Å². The fraction of sp³-hybridized carbons (Fsp3) is 0.423. The van der Waals surface area contributed by atoms with E-state index < -0.39 is 0 Å². The number of ketones is 1. The molecule has 3 rings (SSSR count). The van der Waals surface area contributed by atoms with Gasteiger partial charge in [-0.25, -0.2) is 0 Å². The molecule has 0 bridgehead atoms. The third kappa shape index (κ3) is 7.59. The summed E-state index contributed by atoms with van der Waals surface area (Å²) < 4.78 is 10.9. The number of likely N-dealkylation sites (N-methyl/N-ethyl adjacent to an activating group) is 1. The molecule has 8 nitrogen and oxygen atoms in total. The zero-order chi connectivity index (χ0) is 24.3. The summed E-state index contributed by atoms with van der Waals surface area (Å²) >= 11 is 0. The van der Waals surface area contributed by atoms with Crippen LogP contribution in [0.5, 0.6) is 5.75 Å². The minimum Gasteiger partial charge on any atom is -0.494 e. The van der Waals surface area contributed by atoms with Gasteiger partial charge in [-0.05, 0) is 55.0 Å².